The van der Waals surface area contributed by atoms with Crippen LogP contribution in [-0.2, 0) is 24.4 Å². The van der Waals surface area contributed by atoms with Gasteiger partial charge in [-0.1, -0.05) is 24.3 Å². The van der Waals surface area contributed by atoms with Crippen LogP contribution in [0.2, 0.25) is 0 Å². The summed E-state index contributed by atoms with van der Waals surface area (Å²) in [6.45, 7) is 3.71. The molecule has 4 atom stereocenters. The van der Waals surface area contributed by atoms with Gasteiger partial charge in [-0.2, -0.15) is 0 Å². The summed E-state index contributed by atoms with van der Waals surface area (Å²) in [5, 5.41) is -1.10. The molecular weight excluding hydrogens is 336 g/mol. The average molecular weight is 363 g/mol. The highest BCUT2D eigenvalue weighted by Gasteiger charge is 2.46. The zero-order valence-electron chi connectivity index (χ0n) is 13.7. The van der Waals surface area contributed by atoms with E-state index in [9.17, 15) is 16.8 Å². The number of rotatable bonds is 6. The molecule has 0 N–H and O–H groups in total. The molecule has 0 aliphatic carbocycles. The van der Waals surface area contributed by atoms with Crippen LogP contribution in [0.5, 0.6) is 0 Å². The van der Waals surface area contributed by atoms with Crippen LogP contribution in [0.1, 0.15) is 39.5 Å². The minimum atomic E-state index is -3.15. The van der Waals surface area contributed by atoms with Gasteiger partial charge in [0.15, 0.2) is 19.7 Å². The van der Waals surface area contributed by atoms with Gasteiger partial charge in [-0.05, 0) is 39.5 Å². The first kappa shape index (κ1) is 18.7. The Morgan fingerprint density at radius 2 is 1.22 bits per heavy atom. The lowest BCUT2D eigenvalue weighted by molar-refractivity contribution is -0.00921. The number of hydrogen-bond acceptors (Lipinski definition) is 5. The zero-order valence-corrected chi connectivity index (χ0v) is 15.4. The van der Waals surface area contributed by atoms with Crippen LogP contribution in [0.15, 0.2) is 24.3 Å². The summed E-state index contributed by atoms with van der Waals surface area (Å²) < 4.78 is 54.8. The Bertz CT molecular complexity index is 603. The summed E-state index contributed by atoms with van der Waals surface area (Å²) in [4.78, 5) is 0. The molecule has 132 valence electrons. The lowest BCUT2D eigenvalue weighted by Gasteiger charge is -2.25. The Hall–Kier alpha value is -0.660. The summed E-state index contributed by atoms with van der Waals surface area (Å²) in [6.07, 6.45) is 8.32. The predicted molar refractivity (Wildman–Crippen MR) is 91.9 cm³/mol. The molecule has 5 nitrogen and oxygen atoms in total. The number of hydrogen-bond donors (Lipinski definition) is 0. The molecular formula is C16H26O5S2. The second kappa shape index (κ2) is 7.49. The summed E-state index contributed by atoms with van der Waals surface area (Å²) in [7, 11) is -6.31. The summed E-state index contributed by atoms with van der Waals surface area (Å²) >= 11 is 0. The van der Waals surface area contributed by atoms with Crippen LogP contribution in [0.4, 0.5) is 0 Å². The lowest BCUT2D eigenvalue weighted by atomic mass is 10.1. The third-order valence-electron chi connectivity index (χ3n) is 4.68. The van der Waals surface area contributed by atoms with E-state index in [1.165, 1.54) is 0 Å². The SMILES string of the molecule is C/C=C/CC1C(OC2CCS(=O)(=O)C2C/C=C/C)CCS1(=O)=O. The summed E-state index contributed by atoms with van der Waals surface area (Å²) in [5.74, 6) is 0.248. The van der Waals surface area contributed by atoms with E-state index in [0.717, 1.165) is 0 Å². The maximum absolute atomic E-state index is 12.2. The van der Waals surface area contributed by atoms with Crippen molar-refractivity contribution in [3.05, 3.63) is 24.3 Å². The molecule has 23 heavy (non-hydrogen) atoms. The Kier molecular flexibility index (Phi) is 6.08. The van der Waals surface area contributed by atoms with Crippen LogP contribution in [-0.4, -0.2) is 51.0 Å². The van der Waals surface area contributed by atoms with Crippen LogP contribution >= 0.6 is 0 Å². The molecule has 0 amide bonds. The molecule has 2 aliphatic rings. The van der Waals surface area contributed by atoms with Crippen molar-refractivity contribution in [2.75, 3.05) is 11.5 Å². The highest BCUT2D eigenvalue weighted by molar-refractivity contribution is 7.92. The molecule has 2 aliphatic heterocycles. The molecule has 7 heteroatoms. The minimum Gasteiger partial charge on any atom is -0.372 e. The van der Waals surface area contributed by atoms with Crippen LogP contribution < -0.4 is 0 Å². The topological polar surface area (TPSA) is 77.5 Å². The highest BCUT2D eigenvalue weighted by atomic mass is 32.2. The second-order valence-electron chi connectivity index (χ2n) is 6.21. The van der Waals surface area contributed by atoms with E-state index in [1.54, 1.807) is 0 Å². The van der Waals surface area contributed by atoms with Crippen molar-refractivity contribution in [3.63, 3.8) is 0 Å². The molecule has 0 saturated carbocycles. The second-order valence-corrected chi connectivity index (χ2v) is 10.9. The van der Waals surface area contributed by atoms with E-state index >= 15 is 0 Å². The van der Waals surface area contributed by atoms with Crippen molar-refractivity contribution < 1.29 is 21.6 Å². The van der Waals surface area contributed by atoms with Crippen molar-refractivity contribution in [1.29, 1.82) is 0 Å². The Labute approximate surface area is 139 Å². The molecule has 0 radical (unpaired) electrons. The van der Waals surface area contributed by atoms with Crippen LogP contribution in [0, 0.1) is 0 Å². The van der Waals surface area contributed by atoms with E-state index in [1.807, 2.05) is 38.2 Å². The molecule has 2 heterocycles. The van der Waals surface area contributed by atoms with E-state index in [4.69, 9.17) is 4.74 Å². The van der Waals surface area contributed by atoms with Crippen molar-refractivity contribution in [2.45, 2.75) is 62.2 Å². The Morgan fingerprint density at radius 1 is 0.826 bits per heavy atom. The van der Waals surface area contributed by atoms with Crippen molar-refractivity contribution >= 4 is 19.7 Å². The monoisotopic (exact) mass is 362 g/mol. The summed E-state index contributed by atoms with van der Waals surface area (Å²) in [6, 6.07) is 0. The smallest absolute Gasteiger partial charge is 0.156 e. The van der Waals surface area contributed by atoms with Gasteiger partial charge in [0.2, 0.25) is 0 Å². The van der Waals surface area contributed by atoms with Gasteiger partial charge in [-0.25, -0.2) is 16.8 Å². The fourth-order valence-corrected chi connectivity index (χ4v) is 7.23. The molecule has 0 spiro atoms. The lowest BCUT2D eigenvalue weighted by Crippen LogP contribution is -2.36. The highest BCUT2D eigenvalue weighted by Crippen LogP contribution is 2.33. The molecule has 0 aromatic heterocycles. The number of allylic oxidation sites excluding steroid dienone is 4. The third kappa shape index (κ3) is 4.25. The Balaban J connectivity index is 2.13. The average Bonchev–Trinajstić information content (AvgIpc) is 2.92. The van der Waals surface area contributed by atoms with Crippen LogP contribution in [0.3, 0.4) is 0 Å². The van der Waals surface area contributed by atoms with E-state index in [2.05, 4.69) is 0 Å². The fourth-order valence-electron chi connectivity index (χ4n) is 3.37. The van der Waals surface area contributed by atoms with Gasteiger partial charge in [0.25, 0.3) is 0 Å². The molecule has 0 aromatic carbocycles. The van der Waals surface area contributed by atoms with Gasteiger partial charge >= 0.3 is 0 Å². The van der Waals surface area contributed by atoms with Crippen molar-refractivity contribution in [2.24, 2.45) is 0 Å². The first-order chi connectivity index (χ1) is 10.8. The number of ether oxygens (including phenoxy) is 1. The first-order valence-corrected chi connectivity index (χ1v) is 11.6. The maximum Gasteiger partial charge on any atom is 0.156 e. The van der Waals surface area contributed by atoms with Crippen LogP contribution in [0.25, 0.3) is 0 Å². The van der Waals surface area contributed by atoms with Gasteiger partial charge < -0.3 is 4.74 Å². The largest absolute Gasteiger partial charge is 0.372 e. The zero-order chi connectivity index (χ0) is 17.1. The number of sulfone groups is 2. The molecule has 4 unspecified atom stereocenters. The normalized spacial score (nSPS) is 36.3. The van der Waals surface area contributed by atoms with Crippen molar-refractivity contribution in [1.82, 2.24) is 0 Å². The van der Waals surface area contributed by atoms with Gasteiger partial charge in [-0.15, -0.1) is 0 Å². The first-order valence-electron chi connectivity index (χ1n) is 8.12. The summed E-state index contributed by atoms with van der Waals surface area (Å²) in [5.41, 5.74) is 0. The van der Waals surface area contributed by atoms with E-state index < -0.39 is 42.4 Å². The fraction of sp³-hybridized carbons (Fsp3) is 0.750. The predicted octanol–water partition coefficient (Wildman–Crippen LogP) is 2.05. The molecule has 0 aromatic rings. The van der Waals surface area contributed by atoms with E-state index in [-0.39, 0.29) is 11.5 Å². The third-order valence-corrected chi connectivity index (χ3v) is 9.13. The Morgan fingerprint density at radius 3 is 1.57 bits per heavy atom. The molecule has 2 fully saturated rings. The van der Waals surface area contributed by atoms with Gasteiger partial charge in [0, 0.05) is 0 Å². The van der Waals surface area contributed by atoms with Gasteiger partial charge in [0.1, 0.15) is 0 Å². The molecule has 0 bridgehead atoms. The van der Waals surface area contributed by atoms with Gasteiger partial charge in [-0.3, -0.25) is 0 Å². The maximum atomic E-state index is 12.2. The van der Waals surface area contributed by atoms with Crippen molar-refractivity contribution in [3.8, 4) is 0 Å². The minimum absolute atomic E-state index is 0.124. The standard InChI is InChI=1S/C16H26O5S2/c1-3-5-7-15-13(9-11-22(15,17)18)21-14-10-12-23(19,20)16(14)8-6-4-2/h3-6,13-16H,7-12H2,1-2H3/b5-3+,6-4+. The molecule has 2 rings (SSSR count). The molecule has 2 saturated heterocycles. The quantitative estimate of drug-likeness (QED) is 0.676. The van der Waals surface area contributed by atoms with Gasteiger partial charge in [0.05, 0.1) is 34.2 Å². The van der Waals surface area contributed by atoms with E-state index in [0.29, 0.717) is 25.7 Å².